The highest BCUT2D eigenvalue weighted by Gasteiger charge is 2.42. The van der Waals surface area contributed by atoms with Crippen molar-refractivity contribution in [3.63, 3.8) is 0 Å². The van der Waals surface area contributed by atoms with Crippen LogP contribution in [0.15, 0.2) is 6.07 Å². The number of alkyl halides is 4. The molecule has 0 spiro atoms. The van der Waals surface area contributed by atoms with Crippen molar-refractivity contribution in [2.45, 2.75) is 69.1 Å². The highest BCUT2D eigenvalue weighted by Crippen LogP contribution is 2.43. The zero-order valence-corrected chi connectivity index (χ0v) is 19.6. The minimum atomic E-state index is -4.61. The first kappa shape index (κ1) is 22.8. The number of ether oxygens (including phenoxy) is 1. The second kappa shape index (κ2) is 8.99. The molecule has 0 aliphatic carbocycles. The van der Waals surface area contributed by atoms with Gasteiger partial charge in [-0.05, 0) is 38.3 Å². The molecule has 0 saturated carbocycles. The number of aromatic nitrogens is 5. The molecule has 33 heavy (non-hydrogen) atoms. The molecule has 0 amide bonds. The molecule has 2 aliphatic rings. The Morgan fingerprint density at radius 1 is 1.30 bits per heavy atom. The van der Waals surface area contributed by atoms with Crippen molar-refractivity contribution >= 4 is 33.2 Å². The van der Waals surface area contributed by atoms with E-state index in [-0.39, 0.29) is 30.6 Å². The zero-order chi connectivity index (χ0) is 23.2. The van der Waals surface area contributed by atoms with Gasteiger partial charge in [0.2, 0.25) is 5.82 Å². The summed E-state index contributed by atoms with van der Waals surface area (Å²) in [4.78, 5) is 11.4. The topological polar surface area (TPSA) is 77.8 Å². The fraction of sp³-hybridized carbons (Fsp3) is 0.619. The predicted octanol–water partition coefficient (Wildman–Crippen LogP) is 4.85. The van der Waals surface area contributed by atoms with Crippen molar-refractivity contribution in [1.82, 2.24) is 30.0 Å². The van der Waals surface area contributed by atoms with Crippen LogP contribution in [0.4, 0.5) is 13.2 Å². The summed E-state index contributed by atoms with van der Waals surface area (Å²) in [6, 6.07) is 2.66. The summed E-state index contributed by atoms with van der Waals surface area (Å²) in [6.45, 7) is 3.57. The van der Waals surface area contributed by atoms with Crippen LogP contribution in [0.5, 0.6) is 6.01 Å². The van der Waals surface area contributed by atoms with E-state index in [0.29, 0.717) is 12.6 Å². The van der Waals surface area contributed by atoms with Gasteiger partial charge in [0.1, 0.15) is 22.8 Å². The van der Waals surface area contributed by atoms with Gasteiger partial charge < -0.3 is 10.1 Å². The van der Waals surface area contributed by atoms with Gasteiger partial charge in [0.15, 0.2) is 0 Å². The van der Waals surface area contributed by atoms with Crippen molar-refractivity contribution in [3.05, 3.63) is 28.3 Å². The van der Waals surface area contributed by atoms with Crippen LogP contribution in [0.2, 0.25) is 0 Å². The van der Waals surface area contributed by atoms with Crippen LogP contribution in [-0.2, 0) is 19.0 Å². The first-order valence-corrected chi connectivity index (χ1v) is 12.4. The lowest BCUT2D eigenvalue weighted by Crippen LogP contribution is -2.29. The second-order valence-corrected chi connectivity index (χ2v) is 10.2. The van der Waals surface area contributed by atoms with E-state index < -0.39 is 17.5 Å². The van der Waals surface area contributed by atoms with Crippen LogP contribution >= 0.6 is 22.9 Å². The summed E-state index contributed by atoms with van der Waals surface area (Å²) in [5.41, 5.74) is -0.169. The minimum absolute atomic E-state index is 0.215. The molecular weight excluding hydrogens is 477 g/mol. The molecular formula is C21H24ClF3N6OS. The van der Waals surface area contributed by atoms with E-state index >= 15 is 0 Å². The molecule has 0 radical (unpaired) electrons. The number of fused-ring (bicyclic) bond motifs is 2. The molecule has 1 saturated heterocycles. The molecule has 2 unspecified atom stereocenters. The summed E-state index contributed by atoms with van der Waals surface area (Å²) in [5.74, 6) is -1.06. The van der Waals surface area contributed by atoms with Gasteiger partial charge in [-0.25, -0.2) is 0 Å². The number of hydrogen-bond donors (Lipinski definition) is 1. The first-order valence-electron chi connectivity index (χ1n) is 11.1. The number of aryl methyl sites for hydroxylation is 1. The Morgan fingerprint density at radius 2 is 2.15 bits per heavy atom. The van der Waals surface area contributed by atoms with E-state index in [1.54, 1.807) is 11.3 Å². The SMILES string of the molecule is CCCc1cc2c(C3Cc4nnc(C(F)(F)F)n4C(Cl)C3)nc(OC[C@@H]3CCCN3)nc2s1. The van der Waals surface area contributed by atoms with Crippen LogP contribution in [0, 0.1) is 0 Å². The third-order valence-electron chi connectivity index (χ3n) is 6.12. The van der Waals surface area contributed by atoms with Crippen molar-refractivity contribution in [3.8, 4) is 6.01 Å². The molecule has 0 bridgehead atoms. The Morgan fingerprint density at radius 3 is 2.88 bits per heavy atom. The highest BCUT2D eigenvalue weighted by atomic mass is 35.5. The lowest BCUT2D eigenvalue weighted by Gasteiger charge is -2.28. The Balaban J connectivity index is 1.49. The number of hydrogen-bond acceptors (Lipinski definition) is 7. The lowest BCUT2D eigenvalue weighted by molar-refractivity contribution is -0.147. The number of nitrogens with one attached hydrogen (secondary N) is 1. The Bertz CT molecular complexity index is 1140. The van der Waals surface area contributed by atoms with Gasteiger partial charge in [-0.2, -0.15) is 23.1 Å². The summed E-state index contributed by atoms with van der Waals surface area (Å²) in [7, 11) is 0. The molecule has 1 fully saturated rings. The van der Waals surface area contributed by atoms with Gasteiger partial charge in [0.25, 0.3) is 0 Å². The number of rotatable bonds is 6. The van der Waals surface area contributed by atoms with Crippen molar-refractivity contribution in [2.24, 2.45) is 0 Å². The molecule has 3 aromatic rings. The van der Waals surface area contributed by atoms with Crippen LogP contribution < -0.4 is 10.1 Å². The van der Waals surface area contributed by atoms with E-state index in [2.05, 4.69) is 33.5 Å². The molecule has 0 aromatic carbocycles. The maximum absolute atomic E-state index is 13.3. The average Bonchev–Trinajstić information content (AvgIpc) is 3.50. The standard InChI is InChI=1S/C21H24ClF3N6OS/c1-2-4-13-9-14-17(27-20(28-18(14)33-13)32-10-12-5-3-6-26-12)11-7-15(22)31-16(8-11)29-30-19(31)21(23,24)25/h9,11-12,15,26H,2-8,10H2,1H3/t11?,12-,15?/m0/s1. The molecule has 3 atom stereocenters. The van der Waals surface area contributed by atoms with E-state index in [9.17, 15) is 13.2 Å². The van der Waals surface area contributed by atoms with Crippen LogP contribution in [0.25, 0.3) is 10.2 Å². The minimum Gasteiger partial charge on any atom is -0.462 e. The maximum Gasteiger partial charge on any atom is 0.451 e. The summed E-state index contributed by atoms with van der Waals surface area (Å²) >= 11 is 8.04. The fourth-order valence-electron chi connectivity index (χ4n) is 4.60. The third kappa shape index (κ3) is 4.54. The number of halogens is 4. The van der Waals surface area contributed by atoms with Crippen LogP contribution in [0.3, 0.4) is 0 Å². The lowest BCUT2D eigenvalue weighted by atomic mass is 9.92. The maximum atomic E-state index is 13.3. The predicted molar refractivity (Wildman–Crippen MR) is 119 cm³/mol. The molecule has 12 heteroatoms. The summed E-state index contributed by atoms with van der Waals surface area (Å²) in [6.07, 6.45) is 0.0285. The fourth-order valence-corrected chi connectivity index (χ4v) is 6.14. The van der Waals surface area contributed by atoms with Gasteiger partial charge in [0, 0.05) is 28.6 Å². The molecule has 7 nitrogen and oxygen atoms in total. The molecule has 178 valence electrons. The van der Waals surface area contributed by atoms with Crippen molar-refractivity contribution < 1.29 is 17.9 Å². The number of thiophene rings is 1. The van der Waals surface area contributed by atoms with Gasteiger partial charge >= 0.3 is 12.2 Å². The van der Waals surface area contributed by atoms with Gasteiger partial charge in [-0.15, -0.1) is 21.5 Å². The normalized spacial score (nSPS) is 23.2. The molecule has 5 heterocycles. The number of nitrogens with zero attached hydrogens (tertiary/aromatic N) is 5. The summed E-state index contributed by atoms with van der Waals surface area (Å²) < 4.78 is 46.9. The Kier molecular flexibility index (Phi) is 6.21. The second-order valence-electron chi connectivity index (χ2n) is 8.56. The quantitative estimate of drug-likeness (QED) is 0.487. The van der Waals surface area contributed by atoms with E-state index in [4.69, 9.17) is 21.3 Å². The monoisotopic (exact) mass is 500 g/mol. The summed E-state index contributed by atoms with van der Waals surface area (Å²) in [5, 5.41) is 11.5. The smallest absolute Gasteiger partial charge is 0.451 e. The molecule has 2 aliphatic heterocycles. The van der Waals surface area contributed by atoms with Crippen LogP contribution in [-0.4, -0.2) is 43.9 Å². The molecule has 3 aromatic heterocycles. The van der Waals surface area contributed by atoms with E-state index in [1.807, 2.05) is 0 Å². The first-order chi connectivity index (χ1) is 15.8. The Labute approximate surface area is 197 Å². The molecule has 1 N–H and O–H groups in total. The molecule has 5 rings (SSSR count). The van der Waals surface area contributed by atoms with Crippen molar-refractivity contribution in [2.75, 3.05) is 13.2 Å². The van der Waals surface area contributed by atoms with Gasteiger partial charge in [-0.3, -0.25) is 4.57 Å². The van der Waals surface area contributed by atoms with Gasteiger partial charge in [0.05, 0.1) is 5.69 Å². The van der Waals surface area contributed by atoms with E-state index in [0.717, 1.165) is 52.7 Å². The van der Waals surface area contributed by atoms with E-state index in [1.165, 1.54) is 4.88 Å². The largest absolute Gasteiger partial charge is 0.462 e. The van der Waals surface area contributed by atoms with Crippen LogP contribution in [0.1, 0.15) is 66.2 Å². The zero-order valence-electron chi connectivity index (χ0n) is 18.0. The Hall–Kier alpha value is -1.98. The third-order valence-corrected chi connectivity index (χ3v) is 7.58. The van der Waals surface area contributed by atoms with Crippen molar-refractivity contribution in [1.29, 1.82) is 0 Å². The average molecular weight is 501 g/mol. The highest BCUT2D eigenvalue weighted by molar-refractivity contribution is 7.18. The van der Waals surface area contributed by atoms with Gasteiger partial charge in [-0.1, -0.05) is 24.9 Å².